The molecule has 17 heavy (non-hydrogen) atoms. The largest absolute Gasteiger partial charge is 0.328 e. The number of aromatic nitrogens is 3. The summed E-state index contributed by atoms with van der Waals surface area (Å²) in [6, 6.07) is 2.08. The Morgan fingerprint density at radius 1 is 1.24 bits per heavy atom. The van der Waals surface area contributed by atoms with Crippen molar-refractivity contribution in [3.05, 3.63) is 42.0 Å². The van der Waals surface area contributed by atoms with Crippen molar-refractivity contribution < 1.29 is 0 Å². The Bertz CT molecular complexity index is 491. The van der Waals surface area contributed by atoms with Gasteiger partial charge in [0.1, 0.15) is 0 Å². The molecule has 2 aromatic heterocycles. The molecule has 0 amide bonds. The van der Waals surface area contributed by atoms with Gasteiger partial charge in [0.2, 0.25) is 0 Å². The number of rotatable bonds is 3. The van der Waals surface area contributed by atoms with Gasteiger partial charge in [-0.15, -0.1) is 0 Å². The van der Waals surface area contributed by atoms with Crippen LogP contribution in [0, 0.1) is 6.92 Å². The fraction of sp³-hybridized carbons (Fsp3) is 0.308. The van der Waals surface area contributed by atoms with Gasteiger partial charge < -0.3 is 5.73 Å². The van der Waals surface area contributed by atoms with Gasteiger partial charge in [-0.25, -0.2) is 9.97 Å². The SMILES string of the molecule is Cc1ccncc1-c1ncc(CC(C)N)cn1. The Labute approximate surface area is 101 Å². The molecule has 2 aromatic rings. The van der Waals surface area contributed by atoms with Gasteiger partial charge in [-0.05, 0) is 37.5 Å². The molecule has 88 valence electrons. The molecule has 1 unspecified atom stereocenters. The zero-order valence-corrected chi connectivity index (χ0v) is 10.1. The minimum atomic E-state index is 0.129. The monoisotopic (exact) mass is 228 g/mol. The molecule has 4 heteroatoms. The second-order valence-corrected chi connectivity index (χ2v) is 4.29. The molecule has 1 atom stereocenters. The second-order valence-electron chi connectivity index (χ2n) is 4.29. The predicted octanol–water partition coefficient (Wildman–Crippen LogP) is 1.74. The molecule has 0 aliphatic carbocycles. The van der Waals surface area contributed by atoms with Crippen LogP contribution in [0.5, 0.6) is 0 Å². The van der Waals surface area contributed by atoms with Crippen molar-refractivity contribution in [3.8, 4) is 11.4 Å². The minimum Gasteiger partial charge on any atom is -0.328 e. The first-order valence-electron chi connectivity index (χ1n) is 5.64. The van der Waals surface area contributed by atoms with E-state index in [9.17, 15) is 0 Å². The highest BCUT2D eigenvalue weighted by Gasteiger charge is 2.05. The molecule has 0 aliphatic heterocycles. The summed E-state index contributed by atoms with van der Waals surface area (Å²) in [6.45, 7) is 4.00. The Kier molecular flexibility index (Phi) is 3.44. The van der Waals surface area contributed by atoms with Crippen LogP contribution >= 0.6 is 0 Å². The van der Waals surface area contributed by atoms with Crippen LogP contribution in [0.1, 0.15) is 18.1 Å². The van der Waals surface area contributed by atoms with Crippen LogP contribution in [0.3, 0.4) is 0 Å². The third kappa shape index (κ3) is 2.85. The van der Waals surface area contributed by atoms with Crippen LogP contribution in [0.2, 0.25) is 0 Å². The lowest BCUT2D eigenvalue weighted by Gasteiger charge is -2.06. The Morgan fingerprint density at radius 3 is 2.53 bits per heavy atom. The zero-order chi connectivity index (χ0) is 12.3. The molecule has 2 N–H and O–H groups in total. The highest BCUT2D eigenvalue weighted by Crippen LogP contribution is 2.17. The maximum Gasteiger partial charge on any atom is 0.160 e. The number of pyridine rings is 1. The van der Waals surface area contributed by atoms with E-state index in [1.54, 1.807) is 12.4 Å². The molecule has 2 rings (SSSR count). The van der Waals surface area contributed by atoms with Gasteiger partial charge in [-0.3, -0.25) is 4.98 Å². The molecule has 0 spiro atoms. The van der Waals surface area contributed by atoms with E-state index in [-0.39, 0.29) is 6.04 Å². The average Bonchev–Trinajstić information content (AvgIpc) is 2.30. The van der Waals surface area contributed by atoms with Crippen LogP contribution in [-0.4, -0.2) is 21.0 Å². The van der Waals surface area contributed by atoms with Crippen molar-refractivity contribution in [2.45, 2.75) is 26.3 Å². The number of aryl methyl sites for hydroxylation is 1. The van der Waals surface area contributed by atoms with Gasteiger partial charge in [-0.2, -0.15) is 0 Å². The third-order valence-corrected chi connectivity index (χ3v) is 2.54. The Balaban J connectivity index is 2.27. The lowest BCUT2D eigenvalue weighted by molar-refractivity contribution is 0.732. The van der Waals surface area contributed by atoms with E-state index >= 15 is 0 Å². The Morgan fingerprint density at radius 2 is 1.94 bits per heavy atom. The number of nitrogens with zero attached hydrogens (tertiary/aromatic N) is 3. The van der Waals surface area contributed by atoms with Crippen LogP contribution in [0.15, 0.2) is 30.9 Å². The summed E-state index contributed by atoms with van der Waals surface area (Å²) in [5.41, 5.74) is 8.89. The first-order chi connectivity index (χ1) is 8.16. The van der Waals surface area contributed by atoms with E-state index in [4.69, 9.17) is 5.73 Å². The number of nitrogens with two attached hydrogens (primary N) is 1. The smallest absolute Gasteiger partial charge is 0.160 e. The van der Waals surface area contributed by atoms with E-state index in [0.717, 1.165) is 23.1 Å². The molecule has 0 bridgehead atoms. The molecule has 2 heterocycles. The molecule has 0 aliphatic rings. The summed E-state index contributed by atoms with van der Waals surface area (Å²) in [6.07, 6.45) is 8.02. The standard InChI is InChI=1S/C13H16N4/c1-9-3-4-15-8-12(9)13-16-6-11(7-17-13)5-10(2)14/h3-4,6-8,10H,5,14H2,1-2H3. The molecule has 0 radical (unpaired) electrons. The summed E-state index contributed by atoms with van der Waals surface area (Å²) in [4.78, 5) is 12.8. The topological polar surface area (TPSA) is 64.7 Å². The van der Waals surface area contributed by atoms with Gasteiger partial charge in [-0.1, -0.05) is 0 Å². The van der Waals surface area contributed by atoms with Crippen molar-refractivity contribution in [2.24, 2.45) is 5.73 Å². The number of hydrogen-bond donors (Lipinski definition) is 1. The normalized spacial score (nSPS) is 12.4. The van der Waals surface area contributed by atoms with Crippen LogP contribution in [-0.2, 0) is 6.42 Å². The van der Waals surface area contributed by atoms with Crippen LogP contribution in [0.25, 0.3) is 11.4 Å². The van der Waals surface area contributed by atoms with Crippen LogP contribution in [0.4, 0.5) is 0 Å². The summed E-state index contributed by atoms with van der Waals surface area (Å²) < 4.78 is 0. The van der Waals surface area contributed by atoms with E-state index in [1.165, 1.54) is 0 Å². The fourth-order valence-corrected chi connectivity index (χ4v) is 1.67. The maximum atomic E-state index is 5.73. The van der Waals surface area contributed by atoms with Crippen molar-refractivity contribution in [1.82, 2.24) is 15.0 Å². The van der Waals surface area contributed by atoms with E-state index in [2.05, 4.69) is 15.0 Å². The highest BCUT2D eigenvalue weighted by molar-refractivity contribution is 5.57. The lowest BCUT2D eigenvalue weighted by atomic mass is 10.1. The minimum absolute atomic E-state index is 0.129. The van der Waals surface area contributed by atoms with Gasteiger partial charge in [0.25, 0.3) is 0 Å². The molecule has 0 aromatic carbocycles. The maximum absolute atomic E-state index is 5.73. The van der Waals surface area contributed by atoms with E-state index < -0.39 is 0 Å². The first kappa shape index (κ1) is 11.7. The molecule has 4 nitrogen and oxygen atoms in total. The molecule has 0 fully saturated rings. The lowest BCUT2D eigenvalue weighted by Crippen LogP contribution is -2.18. The average molecular weight is 228 g/mol. The van der Waals surface area contributed by atoms with E-state index in [1.807, 2.05) is 32.3 Å². The van der Waals surface area contributed by atoms with Gasteiger partial charge in [0, 0.05) is 36.4 Å². The summed E-state index contributed by atoms with van der Waals surface area (Å²) in [5.74, 6) is 0.712. The summed E-state index contributed by atoms with van der Waals surface area (Å²) in [7, 11) is 0. The molecule has 0 saturated carbocycles. The first-order valence-corrected chi connectivity index (χ1v) is 5.64. The molecular weight excluding hydrogens is 212 g/mol. The number of hydrogen-bond acceptors (Lipinski definition) is 4. The predicted molar refractivity (Wildman–Crippen MR) is 67.4 cm³/mol. The zero-order valence-electron chi connectivity index (χ0n) is 10.1. The summed E-state index contributed by atoms with van der Waals surface area (Å²) in [5, 5.41) is 0. The summed E-state index contributed by atoms with van der Waals surface area (Å²) >= 11 is 0. The van der Waals surface area contributed by atoms with Crippen molar-refractivity contribution in [2.75, 3.05) is 0 Å². The second kappa shape index (κ2) is 5.01. The van der Waals surface area contributed by atoms with E-state index in [0.29, 0.717) is 5.82 Å². The van der Waals surface area contributed by atoms with Crippen molar-refractivity contribution >= 4 is 0 Å². The van der Waals surface area contributed by atoms with Crippen molar-refractivity contribution in [1.29, 1.82) is 0 Å². The quantitative estimate of drug-likeness (QED) is 0.869. The van der Waals surface area contributed by atoms with Gasteiger partial charge in [0.05, 0.1) is 0 Å². The Hall–Kier alpha value is -1.81. The molecular formula is C13H16N4. The van der Waals surface area contributed by atoms with Gasteiger partial charge >= 0.3 is 0 Å². The highest BCUT2D eigenvalue weighted by atomic mass is 14.9. The van der Waals surface area contributed by atoms with Gasteiger partial charge in [0.15, 0.2) is 5.82 Å². The van der Waals surface area contributed by atoms with Crippen molar-refractivity contribution in [3.63, 3.8) is 0 Å². The molecule has 0 saturated heterocycles. The van der Waals surface area contributed by atoms with Crippen LogP contribution < -0.4 is 5.73 Å². The fourth-order valence-electron chi connectivity index (χ4n) is 1.67. The third-order valence-electron chi connectivity index (χ3n) is 2.54.